The Morgan fingerprint density at radius 1 is 1.24 bits per heavy atom. The molecule has 0 spiro atoms. The van der Waals surface area contributed by atoms with Crippen LogP contribution in [0.25, 0.3) is 16.6 Å². The Hall–Kier alpha value is -4.14. The maximum absolute atomic E-state index is 13.0. The minimum atomic E-state index is -4.54. The zero-order valence-electron chi connectivity index (χ0n) is 19.9. The van der Waals surface area contributed by atoms with Crippen LogP contribution in [-0.2, 0) is 11.0 Å². The van der Waals surface area contributed by atoms with Crippen LogP contribution in [0.15, 0.2) is 36.8 Å². The SMILES string of the molecule is CC[C@H]1CN(C(=O)C2(C#N)CC2)C[C@H]1Nc1c(C(N)=O)cnn2cc(-c3ccc(C(F)(F)F)nc3)cc12. The first-order valence-electron chi connectivity index (χ1n) is 11.9. The zero-order chi connectivity index (χ0) is 26.5. The van der Waals surface area contributed by atoms with E-state index in [1.54, 1.807) is 17.2 Å². The van der Waals surface area contributed by atoms with E-state index in [9.17, 15) is 28.0 Å². The lowest BCUT2D eigenvalue weighted by Crippen LogP contribution is -2.36. The molecule has 1 aliphatic carbocycles. The highest BCUT2D eigenvalue weighted by Crippen LogP contribution is 2.47. The number of nitriles is 1. The summed E-state index contributed by atoms with van der Waals surface area (Å²) in [5, 5.41) is 17.1. The number of carbonyl (C=O) groups excluding carboxylic acids is 2. The molecule has 192 valence electrons. The van der Waals surface area contributed by atoms with Gasteiger partial charge >= 0.3 is 6.18 Å². The Labute approximate surface area is 210 Å². The molecule has 0 radical (unpaired) electrons. The smallest absolute Gasteiger partial charge is 0.378 e. The van der Waals surface area contributed by atoms with Crippen LogP contribution in [0, 0.1) is 22.7 Å². The minimum Gasteiger partial charge on any atom is -0.378 e. The average Bonchev–Trinajstić information content (AvgIpc) is 3.37. The van der Waals surface area contributed by atoms with Gasteiger partial charge in [-0.2, -0.15) is 23.5 Å². The van der Waals surface area contributed by atoms with E-state index in [0.29, 0.717) is 48.3 Å². The molecule has 2 amide bonds. The second-order valence-electron chi connectivity index (χ2n) is 9.61. The second kappa shape index (κ2) is 8.76. The number of likely N-dealkylation sites (tertiary alicyclic amines) is 1. The molecule has 0 bridgehead atoms. The van der Waals surface area contributed by atoms with Crippen molar-refractivity contribution in [3.8, 4) is 17.2 Å². The molecule has 1 saturated carbocycles. The summed E-state index contributed by atoms with van der Waals surface area (Å²) in [6.07, 6.45) is 1.44. The minimum absolute atomic E-state index is 0.0703. The van der Waals surface area contributed by atoms with Gasteiger partial charge in [-0.25, -0.2) is 4.52 Å². The number of hydrogen-bond acceptors (Lipinski definition) is 6. The average molecular weight is 512 g/mol. The summed E-state index contributed by atoms with van der Waals surface area (Å²) in [7, 11) is 0. The van der Waals surface area contributed by atoms with E-state index < -0.39 is 23.2 Å². The van der Waals surface area contributed by atoms with Crippen LogP contribution in [0.5, 0.6) is 0 Å². The highest BCUT2D eigenvalue weighted by atomic mass is 19.4. The van der Waals surface area contributed by atoms with Gasteiger partial charge in [-0.3, -0.25) is 14.6 Å². The number of amides is 2. The molecule has 0 unspecified atom stereocenters. The zero-order valence-corrected chi connectivity index (χ0v) is 19.9. The molecule has 3 aromatic rings. The van der Waals surface area contributed by atoms with Crippen molar-refractivity contribution in [3.63, 3.8) is 0 Å². The molecule has 37 heavy (non-hydrogen) atoms. The molecule has 12 heteroatoms. The van der Waals surface area contributed by atoms with Crippen LogP contribution in [0.4, 0.5) is 18.9 Å². The molecular weight excluding hydrogens is 487 g/mol. The first kappa shape index (κ1) is 24.5. The monoisotopic (exact) mass is 511 g/mol. The van der Waals surface area contributed by atoms with E-state index in [2.05, 4.69) is 21.5 Å². The number of primary amides is 1. The molecule has 4 heterocycles. The lowest BCUT2D eigenvalue weighted by Gasteiger charge is -2.22. The van der Waals surface area contributed by atoms with Gasteiger partial charge < -0.3 is 16.0 Å². The van der Waals surface area contributed by atoms with Crippen LogP contribution in [-0.4, -0.2) is 50.4 Å². The molecule has 5 rings (SSSR count). The first-order chi connectivity index (χ1) is 17.6. The number of fused-ring (bicyclic) bond motifs is 1. The fourth-order valence-corrected chi connectivity index (χ4v) is 4.89. The van der Waals surface area contributed by atoms with Crippen LogP contribution in [0.3, 0.4) is 0 Å². The van der Waals surface area contributed by atoms with Crippen LogP contribution >= 0.6 is 0 Å². The highest BCUT2D eigenvalue weighted by molar-refractivity contribution is 6.02. The number of nitrogens with zero attached hydrogens (tertiary/aromatic N) is 5. The van der Waals surface area contributed by atoms with Crippen molar-refractivity contribution in [2.45, 2.75) is 38.4 Å². The first-order valence-corrected chi connectivity index (χ1v) is 11.9. The molecule has 2 atom stereocenters. The number of pyridine rings is 1. The predicted octanol–water partition coefficient (Wildman–Crippen LogP) is 3.47. The highest BCUT2D eigenvalue weighted by Gasteiger charge is 2.54. The van der Waals surface area contributed by atoms with E-state index >= 15 is 0 Å². The van der Waals surface area contributed by atoms with E-state index in [1.807, 2.05) is 6.92 Å². The quantitative estimate of drug-likeness (QED) is 0.521. The van der Waals surface area contributed by atoms with Gasteiger partial charge in [0.05, 0.1) is 29.0 Å². The fraction of sp³-hybridized carbons (Fsp3) is 0.400. The van der Waals surface area contributed by atoms with Gasteiger partial charge in [-0.15, -0.1) is 0 Å². The second-order valence-corrected chi connectivity index (χ2v) is 9.61. The molecule has 0 aromatic carbocycles. The number of alkyl halides is 3. The maximum atomic E-state index is 13.0. The Bertz CT molecular complexity index is 1420. The molecule has 3 N–H and O–H groups in total. The van der Waals surface area contributed by atoms with Crippen molar-refractivity contribution >= 4 is 23.0 Å². The van der Waals surface area contributed by atoms with Gasteiger partial charge in [0.15, 0.2) is 0 Å². The number of carbonyl (C=O) groups is 2. The van der Waals surface area contributed by atoms with Crippen molar-refractivity contribution in [2.75, 3.05) is 18.4 Å². The molecule has 1 aliphatic heterocycles. The van der Waals surface area contributed by atoms with Gasteiger partial charge in [0.1, 0.15) is 11.1 Å². The van der Waals surface area contributed by atoms with E-state index in [1.165, 1.54) is 16.8 Å². The molecular formula is C25H24F3N7O2. The van der Waals surface area contributed by atoms with Crippen LogP contribution < -0.4 is 11.1 Å². The standard InChI is InChI=1S/C25H24F3N7O2/c1-2-14-10-34(23(37)24(13-29)5-6-24)12-18(14)33-21-17(22(30)36)9-32-35-11-16(7-19(21)35)15-3-4-20(31-8-15)25(26,27)28/h3-4,7-9,11,14,18,33H,2,5-6,10,12H2,1H3,(H2,30,36)/t14-,18+/m0/s1. The van der Waals surface area contributed by atoms with Crippen LogP contribution in [0.2, 0.25) is 0 Å². The van der Waals surface area contributed by atoms with Crippen molar-refractivity contribution in [1.29, 1.82) is 5.26 Å². The summed E-state index contributed by atoms with van der Waals surface area (Å²) in [5.41, 5.74) is 5.80. The lowest BCUT2D eigenvalue weighted by atomic mass is 10.00. The van der Waals surface area contributed by atoms with Gasteiger partial charge in [0.2, 0.25) is 5.91 Å². The molecule has 3 aromatic heterocycles. The number of halogens is 3. The number of rotatable bonds is 6. The number of hydrogen-bond donors (Lipinski definition) is 2. The predicted molar refractivity (Wildman–Crippen MR) is 127 cm³/mol. The topological polar surface area (TPSA) is 129 Å². The maximum Gasteiger partial charge on any atom is 0.433 e. The fourth-order valence-electron chi connectivity index (χ4n) is 4.89. The third-order valence-corrected chi connectivity index (χ3v) is 7.25. The number of aromatic nitrogens is 3. The summed E-state index contributed by atoms with van der Waals surface area (Å²) in [6, 6.07) is 5.87. The summed E-state index contributed by atoms with van der Waals surface area (Å²) in [5.74, 6) is -0.787. The third-order valence-electron chi connectivity index (χ3n) is 7.25. The van der Waals surface area contributed by atoms with Crippen molar-refractivity contribution < 1.29 is 22.8 Å². The molecule has 1 saturated heterocycles. The Kier molecular flexibility index (Phi) is 5.81. The van der Waals surface area contributed by atoms with Crippen molar-refractivity contribution in [1.82, 2.24) is 19.5 Å². The van der Waals surface area contributed by atoms with Crippen molar-refractivity contribution in [2.24, 2.45) is 17.1 Å². The summed E-state index contributed by atoms with van der Waals surface area (Å²) >= 11 is 0. The Morgan fingerprint density at radius 2 is 2.00 bits per heavy atom. The van der Waals surface area contributed by atoms with E-state index in [4.69, 9.17) is 5.73 Å². The largest absolute Gasteiger partial charge is 0.433 e. The molecule has 9 nitrogen and oxygen atoms in total. The number of nitrogens with two attached hydrogens (primary N) is 1. The lowest BCUT2D eigenvalue weighted by molar-refractivity contribution is -0.141. The van der Waals surface area contributed by atoms with Gasteiger partial charge in [0.25, 0.3) is 5.91 Å². The summed E-state index contributed by atoms with van der Waals surface area (Å²) < 4.78 is 40.3. The number of anilines is 1. The van der Waals surface area contributed by atoms with Crippen molar-refractivity contribution in [3.05, 3.63) is 48.0 Å². The van der Waals surface area contributed by atoms with Gasteiger partial charge in [0, 0.05) is 42.7 Å². The molecule has 2 fully saturated rings. The summed E-state index contributed by atoms with van der Waals surface area (Å²) in [4.78, 5) is 30.5. The Morgan fingerprint density at radius 3 is 2.57 bits per heavy atom. The summed E-state index contributed by atoms with van der Waals surface area (Å²) in [6.45, 7) is 2.87. The van der Waals surface area contributed by atoms with Gasteiger partial charge in [-0.1, -0.05) is 13.0 Å². The van der Waals surface area contributed by atoms with Gasteiger partial charge in [-0.05, 0) is 37.3 Å². The number of nitrogens with one attached hydrogen (secondary N) is 1. The van der Waals surface area contributed by atoms with E-state index in [-0.39, 0.29) is 23.4 Å². The van der Waals surface area contributed by atoms with Crippen LogP contribution in [0.1, 0.15) is 42.2 Å². The Balaban J connectivity index is 1.48. The normalized spacial score (nSPS) is 20.6. The molecule has 2 aliphatic rings. The van der Waals surface area contributed by atoms with E-state index in [0.717, 1.165) is 18.7 Å². The third kappa shape index (κ3) is 4.34.